The number of rotatable bonds is 7. The lowest BCUT2D eigenvalue weighted by Gasteiger charge is -2.33. The first-order chi connectivity index (χ1) is 13.0. The number of aromatic nitrogens is 5. The van der Waals surface area contributed by atoms with Crippen molar-refractivity contribution >= 4 is 5.91 Å². The molecule has 8 nitrogen and oxygen atoms in total. The first-order valence-corrected chi connectivity index (χ1v) is 9.89. The molecule has 0 N–H and O–H groups in total. The van der Waals surface area contributed by atoms with Gasteiger partial charge in [-0.2, -0.15) is 0 Å². The van der Waals surface area contributed by atoms with Gasteiger partial charge in [0, 0.05) is 38.4 Å². The van der Waals surface area contributed by atoms with Crippen LogP contribution in [0.25, 0.3) is 0 Å². The van der Waals surface area contributed by atoms with Crippen molar-refractivity contribution in [2.24, 2.45) is 7.05 Å². The minimum absolute atomic E-state index is 0.242. The van der Waals surface area contributed by atoms with E-state index in [4.69, 9.17) is 0 Å². The molecule has 0 aromatic carbocycles. The second-order valence-corrected chi connectivity index (χ2v) is 7.25. The van der Waals surface area contributed by atoms with Gasteiger partial charge in [0.05, 0.1) is 13.1 Å². The van der Waals surface area contributed by atoms with Crippen LogP contribution in [0, 0.1) is 6.92 Å². The van der Waals surface area contributed by atoms with Gasteiger partial charge in [-0.05, 0) is 32.9 Å². The number of carbonyl (C=O) groups is 1. The summed E-state index contributed by atoms with van der Waals surface area (Å²) in [6, 6.07) is 0. The lowest BCUT2D eigenvalue weighted by molar-refractivity contribution is -0.133. The van der Waals surface area contributed by atoms with E-state index < -0.39 is 0 Å². The van der Waals surface area contributed by atoms with Crippen LogP contribution in [0.5, 0.6) is 0 Å². The summed E-state index contributed by atoms with van der Waals surface area (Å²) in [5.74, 6) is 3.54. The molecular weight excluding hydrogens is 342 g/mol. The van der Waals surface area contributed by atoms with Gasteiger partial charge in [-0.1, -0.05) is 13.8 Å². The predicted octanol–water partition coefficient (Wildman–Crippen LogP) is 1.42. The highest BCUT2D eigenvalue weighted by molar-refractivity contribution is 5.78. The zero-order valence-electron chi connectivity index (χ0n) is 16.9. The fourth-order valence-corrected chi connectivity index (χ4v) is 3.72. The van der Waals surface area contributed by atoms with Crippen LogP contribution in [-0.2, 0) is 18.4 Å². The van der Waals surface area contributed by atoms with Crippen LogP contribution in [0.2, 0.25) is 0 Å². The third-order valence-electron chi connectivity index (χ3n) is 5.70. The molecule has 27 heavy (non-hydrogen) atoms. The predicted molar refractivity (Wildman–Crippen MR) is 103 cm³/mol. The number of piperidine rings is 1. The topological polar surface area (TPSA) is 72.1 Å². The number of nitrogens with zero attached hydrogens (tertiary/aromatic N) is 7. The average Bonchev–Trinajstić information content (AvgIpc) is 3.26. The first kappa shape index (κ1) is 19.5. The number of likely N-dealkylation sites (N-methyl/N-ethyl adjacent to an activating group) is 1. The lowest BCUT2D eigenvalue weighted by atomic mass is 9.96. The Labute approximate surface area is 161 Å². The van der Waals surface area contributed by atoms with Crippen LogP contribution in [0.1, 0.15) is 50.1 Å². The van der Waals surface area contributed by atoms with Crippen molar-refractivity contribution in [3.63, 3.8) is 0 Å². The second-order valence-electron chi connectivity index (χ2n) is 7.25. The van der Waals surface area contributed by atoms with Gasteiger partial charge in [-0.25, -0.2) is 4.98 Å². The fourth-order valence-electron chi connectivity index (χ4n) is 3.72. The fraction of sp³-hybridized carbons (Fsp3) is 0.684. The van der Waals surface area contributed by atoms with Crippen molar-refractivity contribution in [3.05, 3.63) is 29.9 Å². The van der Waals surface area contributed by atoms with E-state index in [1.54, 1.807) is 6.20 Å². The molecular formula is C19H31N7O. The van der Waals surface area contributed by atoms with Crippen molar-refractivity contribution in [2.45, 2.75) is 46.1 Å². The molecule has 1 aliphatic heterocycles. The normalized spacial score (nSPS) is 15.7. The maximum atomic E-state index is 12.5. The summed E-state index contributed by atoms with van der Waals surface area (Å²) in [7, 11) is 2.04. The number of amides is 1. The van der Waals surface area contributed by atoms with Gasteiger partial charge in [0.2, 0.25) is 5.91 Å². The third-order valence-corrected chi connectivity index (χ3v) is 5.70. The smallest absolute Gasteiger partial charge is 0.236 e. The Balaban J connectivity index is 1.58. The number of aryl methyl sites for hydroxylation is 1. The van der Waals surface area contributed by atoms with Crippen molar-refractivity contribution in [1.29, 1.82) is 0 Å². The Hall–Kier alpha value is -2.22. The van der Waals surface area contributed by atoms with Crippen LogP contribution in [0.3, 0.4) is 0 Å². The number of hydrogen-bond acceptors (Lipinski definition) is 5. The number of likely N-dealkylation sites (tertiary alicyclic amines) is 1. The van der Waals surface area contributed by atoms with Crippen LogP contribution >= 0.6 is 0 Å². The Morgan fingerprint density at radius 2 is 1.93 bits per heavy atom. The maximum Gasteiger partial charge on any atom is 0.236 e. The Morgan fingerprint density at radius 3 is 2.52 bits per heavy atom. The average molecular weight is 374 g/mol. The zero-order chi connectivity index (χ0) is 19.4. The molecule has 1 aliphatic rings. The van der Waals surface area contributed by atoms with Gasteiger partial charge in [0.15, 0.2) is 5.82 Å². The molecule has 2 aromatic rings. The van der Waals surface area contributed by atoms with Crippen molar-refractivity contribution in [3.8, 4) is 0 Å². The molecule has 3 rings (SSSR count). The lowest BCUT2D eigenvalue weighted by Crippen LogP contribution is -2.44. The molecule has 148 valence electrons. The molecule has 0 radical (unpaired) electrons. The molecule has 1 fully saturated rings. The highest BCUT2D eigenvalue weighted by Gasteiger charge is 2.27. The minimum atomic E-state index is 0.242. The molecule has 0 atom stereocenters. The molecule has 1 saturated heterocycles. The van der Waals surface area contributed by atoms with Crippen molar-refractivity contribution < 1.29 is 4.79 Å². The summed E-state index contributed by atoms with van der Waals surface area (Å²) >= 11 is 0. The number of hydrogen-bond donors (Lipinski definition) is 0. The van der Waals surface area contributed by atoms with Crippen LogP contribution < -0.4 is 0 Å². The molecule has 2 aromatic heterocycles. The SMILES string of the molecule is CCN(CC)CC(=O)N1CCC(c2nnc(Cn3ccnc3C)n2C)CC1. The summed E-state index contributed by atoms with van der Waals surface area (Å²) in [4.78, 5) is 20.9. The first-order valence-electron chi connectivity index (χ1n) is 9.89. The second kappa shape index (κ2) is 8.65. The van der Waals surface area contributed by atoms with E-state index in [0.717, 1.165) is 56.5 Å². The Bertz CT molecular complexity index is 754. The largest absolute Gasteiger partial charge is 0.342 e. The molecule has 0 bridgehead atoms. The quantitative estimate of drug-likeness (QED) is 0.734. The summed E-state index contributed by atoms with van der Waals surface area (Å²) in [5.41, 5.74) is 0. The Morgan fingerprint density at radius 1 is 1.22 bits per heavy atom. The summed E-state index contributed by atoms with van der Waals surface area (Å²) < 4.78 is 4.18. The monoisotopic (exact) mass is 373 g/mol. The van der Waals surface area contributed by atoms with Crippen molar-refractivity contribution in [2.75, 3.05) is 32.7 Å². The van der Waals surface area contributed by atoms with Crippen LogP contribution in [-0.4, -0.2) is 72.7 Å². The molecule has 0 aliphatic carbocycles. The van der Waals surface area contributed by atoms with E-state index in [-0.39, 0.29) is 5.91 Å². The number of carbonyl (C=O) groups excluding carboxylic acids is 1. The standard InChI is InChI=1S/C19H31N7O/c1-5-24(6-2)14-18(27)25-10-7-16(8-11-25)19-22-21-17(23(19)4)13-26-12-9-20-15(26)3/h9,12,16H,5-8,10-11,13-14H2,1-4H3. The molecule has 3 heterocycles. The number of imidazole rings is 1. The zero-order valence-corrected chi connectivity index (χ0v) is 16.9. The molecule has 0 saturated carbocycles. The summed E-state index contributed by atoms with van der Waals surface area (Å²) in [6.45, 7) is 10.8. The third kappa shape index (κ3) is 4.37. The summed E-state index contributed by atoms with van der Waals surface area (Å²) in [6.07, 6.45) is 5.65. The highest BCUT2D eigenvalue weighted by Crippen LogP contribution is 2.27. The van der Waals surface area contributed by atoms with Gasteiger partial charge in [0.25, 0.3) is 0 Å². The van der Waals surface area contributed by atoms with E-state index in [1.807, 2.05) is 25.1 Å². The van der Waals surface area contributed by atoms with Crippen LogP contribution in [0.15, 0.2) is 12.4 Å². The van der Waals surface area contributed by atoms with E-state index in [9.17, 15) is 4.79 Å². The van der Waals surface area contributed by atoms with Gasteiger partial charge in [-0.15, -0.1) is 10.2 Å². The minimum Gasteiger partial charge on any atom is -0.342 e. The van der Waals surface area contributed by atoms with Gasteiger partial charge < -0.3 is 14.0 Å². The molecule has 8 heteroatoms. The maximum absolute atomic E-state index is 12.5. The molecule has 0 unspecified atom stereocenters. The molecule has 0 spiro atoms. The van der Waals surface area contributed by atoms with E-state index in [1.165, 1.54) is 0 Å². The van der Waals surface area contributed by atoms with Gasteiger partial charge in [-0.3, -0.25) is 9.69 Å². The van der Waals surface area contributed by atoms with E-state index in [0.29, 0.717) is 19.0 Å². The van der Waals surface area contributed by atoms with Gasteiger partial charge >= 0.3 is 0 Å². The van der Waals surface area contributed by atoms with Gasteiger partial charge in [0.1, 0.15) is 11.6 Å². The summed E-state index contributed by atoms with van der Waals surface area (Å²) in [5, 5.41) is 8.86. The Kier molecular flexibility index (Phi) is 6.26. The molecule has 1 amide bonds. The highest BCUT2D eigenvalue weighted by atomic mass is 16.2. The van der Waals surface area contributed by atoms with Crippen LogP contribution in [0.4, 0.5) is 0 Å². The van der Waals surface area contributed by atoms with E-state index >= 15 is 0 Å². The van der Waals surface area contributed by atoms with Crippen molar-refractivity contribution in [1.82, 2.24) is 34.1 Å². The van der Waals surface area contributed by atoms with E-state index in [2.05, 4.69) is 43.1 Å².